The molecular formula is C22H32N6O2. The monoisotopic (exact) mass is 412 g/mol. The van der Waals surface area contributed by atoms with Crippen LogP contribution < -0.4 is 10.5 Å². The number of ether oxygens (including phenoxy) is 2. The van der Waals surface area contributed by atoms with E-state index in [9.17, 15) is 0 Å². The molecule has 1 aliphatic heterocycles. The molecular weight excluding hydrogens is 380 g/mol. The summed E-state index contributed by atoms with van der Waals surface area (Å²) in [6.45, 7) is 7.01. The summed E-state index contributed by atoms with van der Waals surface area (Å²) < 4.78 is 15.0. The van der Waals surface area contributed by atoms with Crippen LogP contribution in [0.2, 0.25) is 0 Å². The second-order valence-electron chi connectivity index (χ2n) is 7.17. The lowest BCUT2D eigenvalue weighted by Gasteiger charge is -2.26. The minimum atomic E-state index is 0. The first kappa shape index (κ1) is 21.6. The number of rotatable bonds is 6. The van der Waals surface area contributed by atoms with Crippen molar-refractivity contribution in [2.45, 2.75) is 6.92 Å². The van der Waals surface area contributed by atoms with Gasteiger partial charge in [-0.25, -0.2) is 0 Å². The van der Waals surface area contributed by atoms with Gasteiger partial charge in [-0.15, -0.1) is 0 Å². The number of benzene rings is 1. The highest BCUT2D eigenvalue weighted by atomic mass is 16.5. The Morgan fingerprint density at radius 1 is 1.23 bits per heavy atom. The van der Waals surface area contributed by atoms with Gasteiger partial charge in [-0.3, -0.25) is 14.3 Å². The molecule has 2 aromatic heterocycles. The smallest absolute Gasteiger partial charge is 0.217 e. The first-order chi connectivity index (χ1) is 14.5. The predicted molar refractivity (Wildman–Crippen MR) is 121 cm³/mol. The zero-order valence-electron chi connectivity index (χ0n) is 17.6. The highest BCUT2D eigenvalue weighted by molar-refractivity contribution is 5.76. The molecule has 0 radical (unpaired) electrons. The fraction of sp³-hybridized carbons (Fsp3) is 0.364. The maximum atomic E-state index is 6.92. The Labute approximate surface area is 178 Å². The van der Waals surface area contributed by atoms with Crippen LogP contribution in [0.1, 0.15) is 12.6 Å². The Kier molecular flexibility index (Phi) is 7.64. The molecule has 1 aliphatic rings. The molecule has 1 aromatic carbocycles. The van der Waals surface area contributed by atoms with Crippen LogP contribution in [-0.4, -0.2) is 64.9 Å². The molecule has 8 heteroatoms. The Balaban J connectivity index is 0.000000289. The van der Waals surface area contributed by atoms with Gasteiger partial charge in [0.2, 0.25) is 5.88 Å². The van der Waals surface area contributed by atoms with Gasteiger partial charge in [-0.1, -0.05) is 29.8 Å². The molecule has 0 saturated carbocycles. The molecule has 0 unspecified atom stereocenters. The third-order valence-electron chi connectivity index (χ3n) is 4.80. The molecule has 0 atom stereocenters. The number of aryl methyl sites for hydroxylation is 2. The Hall–Kier alpha value is -3.10. The Bertz CT molecular complexity index is 949. The summed E-state index contributed by atoms with van der Waals surface area (Å²) in [5.74, 6) is 1.02. The summed E-state index contributed by atoms with van der Waals surface area (Å²) in [4.78, 5) is 6.55. The van der Waals surface area contributed by atoms with Crippen LogP contribution in [0.25, 0.3) is 5.69 Å². The van der Waals surface area contributed by atoms with Crippen molar-refractivity contribution in [1.29, 1.82) is 5.41 Å². The first-order valence-corrected chi connectivity index (χ1v) is 10.0. The van der Waals surface area contributed by atoms with Crippen LogP contribution in [0.4, 0.5) is 5.82 Å². The summed E-state index contributed by atoms with van der Waals surface area (Å²) in [6, 6.07) is 11.6. The second kappa shape index (κ2) is 10.6. The molecule has 1 fully saturated rings. The SMILES string of the molecule is Cc1cccc(C=N)c1.Cn1ccn1-c1cc(N)nc(OCCN2CCOCC2)c1.[HH]. The van der Waals surface area contributed by atoms with Crippen molar-refractivity contribution in [3.05, 3.63) is 59.9 Å². The Morgan fingerprint density at radius 2 is 2.03 bits per heavy atom. The number of nitrogens with two attached hydrogens (primary N) is 1. The van der Waals surface area contributed by atoms with Crippen molar-refractivity contribution < 1.29 is 10.9 Å². The van der Waals surface area contributed by atoms with Gasteiger partial charge in [0.15, 0.2) is 0 Å². The molecule has 3 N–H and O–H groups in total. The van der Waals surface area contributed by atoms with E-state index in [0.29, 0.717) is 18.3 Å². The van der Waals surface area contributed by atoms with E-state index >= 15 is 0 Å². The van der Waals surface area contributed by atoms with E-state index < -0.39 is 0 Å². The van der Waals surface area contributed by atoms with Gasteiger partial charge in [-0.2, -0.15) is 4.98 Å². The summed E-state index contributed by atoms with van der Waals surface area (Å²) in [7, 11) is 1.97. The van der Waals surface area contributed by atoms with Crippen molar-refractivity contribution in [2.75, 3.05) is 45.2 Å². The van der Waals surface area contributed by atoms with E-state index in [0.717, 1.165) is 44.1 Å². The van der Waals surface area contributed by atoms with Crippen molar-refractivity contribution >= 4 is 12.0 Å². The molecule has 0 amide bonds. The van der Waals surface area contributed by atoms with Gasteiger partial charge in [-0.05, 0) is 12.5 Å². The quantitative estimate of drug-likeness (QED) is 0.607. The van der Waals surface area contributed by atoms with Gasteiger partial charge in [0.05, 0.1) is 18.9 Å². The average Bonchev–Trinajstić information content (AvgIpc) is 2.73. The zero-order valence-corrected chi connectivity index (χ0v) is 17.6. The van der Waals surface area contributed by atoms with Crippen LogP contribution in [-0.2, 0) is 11.8 Å². The largest absolute Gasteiger partial charge is 0.476 e. The summed E-state index contributed by atoms with van der Waals surface area (Å²) in [6.07, 6.45) is 5.29. The van der Waals surface area contributed by atoms with E-state index in [1.807, 2.05) is 72.1 Å². The molecule has 0 spiro atoms. The highest BCUT2D eigenvalue weighted by Crippen LogP contribution is 2.18. The number of morpholine rings is 1. The number of nitrogens with one attached hydrogen (secondary N) is 1. The van der Waals surface area contributed by atoms with Gasteiger partial charge in [0.25, 0.3) is 0 Å². The molecule has 4 rings (SSSR count). The van der Waals surface area contributed by atoms with Gasteiger partial charge in [0, 0.05) is 58.8 Å². The maximum Gasteiger partial charge on any atom is 0.217 e. The summed E-state index contributed by atoms with van der Waals surface area (Å²) >= 11 is 0. The number of hydrogen-bond acceptors (Lipinski definition) is 6. The lowest BCUT2D eigenvalue weighted by molar-refractivity contribution is 0.0320. The van der Waals surface area contributed by atoms with Crippen LogP contribution >= 0.6 is 0 Å². The molecule has 1 saturated heterocycles. The number of nitrogens with zero attached hydrogens (tertiary/aromatic N) is 4. The molecule has 8 nitrogen and oxygen atoms in total. The maximum absolute atomic E-state index is 6.92. The standard InChI is InChI=1S/C14H21N5O2.C8H9N.H2/c1-17-2-3-19(17)12-10-13(15)16-14(11-12)21-9-6-18-4-7-20-8-5-18;1-7-3-2-4-8(5-7)6-9;/h2-3,10-11H,4-9H2,1H3,(H2,15,16);2-6,9H,1H3;1H. The third kappa shape index (κ3) is 6.20. The van der Waals surface area contributed by atoms with Gasteiger partial charge in [0.1, 0.15) is 12.4 Å². The third-order valence-corrected chi connectivity index (χ3v) is 4.80. The molecule has 0 aliphatic carbocycles. The van der Waals surface area contributed by atoms with Crippen molar-refractivity contribution in [3.8, 4) is 11.6 Å². The topological polar surface area (TPSA) is 94.3 Å². The van der Waals surface area contributed by atoms with E-state index in [1.165, 1.54) is 11.8 Å². The van der Waals surface area contributed by atoms with Crippen molar-refractivity contribution in [3.63, 3.8) is 0 Å². The molecule has 162 valence electrons. The van der Waals surface area contributed by atoms with Crippen molar-refractivity contribution in [2.24, 2.45) is 7.05 Å². The molecule has 3 aromatic rings. The number of pyridine rings is 1. The zero-order chi connectivity index (χ0) is 21.3. The minimum Gasteiger partial charge on any atom is -0.476 e. The molecule has 0 bridgehead atoms. The summed E-state index contributed by atoms with van der Waals surface area (Å²) in [5.41, 5.74) is 8.97. The second-order valence-corrected chi connectivity index (χ2v) is 7.17. The highest BCUT2D eigenvalue weighted by Gasteiger charge is 2.11. The van der Waals surface area contributed by atoms with Gasteiger partial charge < -0.3 is 20.6 Å². The van der Waals surface area contributed by atoms with Crippen LogP contribution in [0, 0.1) is 12.3 Å². The molecule has 3 heterocycles. The fourth-order valence-corrected chi connectivity index (χ4v) is 3.12. The van der Waals surface area contributed by atoms with Gasteiger partial charge >= 0.3 is 0 Å². The number of nitrogen functional groups attached to an aromatic ring is 1. The van der Waals surface area contributed by atoms with Crippen LogP contribution in [0.5, 0.6) is 5.88 Å². The van der Waals surface area contributed by atoms with E-state index in [4.69, 9.17) is 20.6 Å². The number of hydrogen-bond donors (Lipinski definition) is 2. The predicted octanol–water partition coefficient (Wildman–Crippen LogP) is 2.74. The Morgan fingerprint density at radius 3 is 2.63 bits per heavy atom. The van der Waals surface area contributed by atoms with E-state index in [-0.39, 0.29) is 1.43 Å². The average molecular weight is 413 g/mol. The van der Waals surface area contributed by atoms with Crippen LogP contribution in [0.15, 0.2) is 48.8 Å². The van der Waals surface area contributed by atoms with E-state index in [2.05, 4.69) is 9.88 Å². The number of anilines is 1. The molecule has 30 heavy (non-hydrogen) atoms. The summed E-state index contributed by atoms with van der Waals surface area (Å²) in [5, 5.41) is 6.92. The van der Waals surface area contributed by atoms with Crippen LogP contribution in [0.3, 0.4) is 0 Å². The lowest BCUT2D eigenvalue weighted by Crippen LogP contribution is -2.38. The first-order valence-electron chi connectivity index (χ1n) is 10.0. The number of aromatic nitrogens is 3. The normalized spacial score (nSPS) is 14.1. The van der Waals surface area contributed by atoms with Crippen molar-refractivity contribution in [1.82, 2.24) is 19.2 Å². The fourth-order valence-electron chi connectivity index (χ4n) is 3.12. The minimum absolute atomic E-state index is 0. The van der Waals surface area contributed by atoms with E-state index in [1.54, 1.807) is 0 Å². The lowest BCUT2D eigenvalue weighted by atomic mass is 10.2.